The minimum atomic E-state index is 0.363. The van der Waals surface area contributed by atoms with Crippen LogP contribution in [0.1, 0.15) is 61.6 Å². The monoisotopic (exact) mass is 314 g/mol. The molecule has 0 radical (unpaired) electrons. The Balaban J connectivity index is 1.59. The molecule has 2 nitrogen and oxygen atoms in total. The highest BCUT2D eigenvalue weighted by molar-refractivity contribution is 5.37. The molecule has 2 fully saturated rings. The lowest BCUT2D eigenvalue weighted by Crippen LogP contribution is -2.44. The molecule has 5 atom stereocenters. The third-order valence-corrected chi connectivity index (χ3v) is 7.18. The fourth-order valence-electron chi connectivity index (χ4n) is 6.09. The molecule has 3 unspecified atom stereocenters. The van der Waals surface area contributed by atoms with Gasteiger partial charge in [-0.2, -0.15) is 0 Å². The van der Waals surface area contributed by atoms with Gasteiger partial charge in [-0.1, -0.05) is 30.7 Å². The first-order valence-electron chi connectivity index (χ1n) is 9.33. The molecule has 4 rings (SSSR count). The van der Waals surface area contributed by atoms with Gasteiger partial charge in [0.25, 0.3) is 0 Å². The summed E-state index contributed by atoms with van der Waals surface area (Å²) in [4.78, 5) is 0. The average Bonchev–Trinajstić information content (AvgIpc) is 2.89. The second kappa shape index (κ2) is 5.89. The van der Waals surface area contributed by atoms with Gasteiger partial charge in [-0.25, -0.2) is 0 Å². The predicted molar refractivity (Wildman–Crippen MR) is 92.5 cm³/mol. The highest BCUT2D eigenvalue weighted by Crippen LogP contribution is 2.61. The maximum atomic E-state index is 6.07. The Labute approximate surface area is 140 Å². The molecule has 0 aliphatic heterocycles. The van der Waals surface area contributed by atoms with Crippen LogP contribution in [0.2, 0.25) is 0 Å². The first-order chi connectivity index (χ1) is 11.1. The maximum Gasteiger partial charge on any atom is 0.146 e. The quantitative estimate of drug-likeness (QED) is 0.743. The molecule has 2 saturated carbocycles. The van der Waals surface area contributed by atoms with Crippen molar-refractivity contribution in [1.82, 2.24) is 0 Å². The van der Waals surface area contributed by atoms with Crippen molar-refractivity contribution < 1.29 is 9.47 Å². The van der Waals surface area contributed by atoms with Crippen molar-refractivity contribution in [3.63, 3.8) is 0 Å². The minimum Gasteiger partial charge on any atom is -0.359 e. The van der Waals surface area contributed by atoms with Gasteiger partial charge in [0, 0.05) is 7.11 Å². The van der Waals surface area contributed by atoms with E-state index in [4.69, 9.17) is 9.47 Å². The van der Waals surface area contributed by atoms with E-state index in [9.17, 15) is 0 Å². The summed E-state index contributed by atoms with van der Waals surface area (Å²) in [7, 11) is 1.73. The number of ether oxygens (including phenoxy) is 2. The number of aryl methyl sites for hydroxylation is 2. The Morgan fingerprint density at radius 3 is 2.87 bits per heavy atom. The second-order valence-electron chi connectivity index (χ2n) is 8.30. The average molecular weight is 314 g/mol. The van der Waals surface area contributed by atoms with Crippen LogP contribution in [0, 0.1) is 24.2 Å². The van der Waals surface area contributed by atoms with Crippen molar-refractivity contribution >= 4 is 0 Å². The van der Waals surface area contributed by atoms with Crippen LogP contribution in [0.25, 0.3) is 0 Å². The van der Waals surface area contributed by atoms with E-state index in [-0.39, 0.29) is 0 Å². The summed E-state index contributed by atoms with van der Waals surface area (Å²) in [5.41, 5.74) is 5.06. The van der Waals surface area contributed by atoms with E-state index >= 15 is 0 Å². The first kappa shape index (κ1) is 15.7. The van der Waals surface area contributed by atoms with Gasteiger partial charge in [-0.15, -0.1) is 0 Å². The van der Waals surface area contributed by atoms with Crippen molar-refractivity contribution in [2.75, 3.05) is 13.9 Å². The van der Waals surface area contributed by atoms with Crippen LogP contribution in [-0.2, 0) is 15.9 Å². The van der Waals surface area contributed by atoms with E-state index in [1.807, 2.05) is 0 Å². The van der Waals surface area contributed by atoms with E-state index in [0.29, 0.717) is 18.3 Å². The number of rotatable bonds is 3. The molecule has 1 aromatic rings. The molecular formula is C21H30O2. The van der Waals surface area contributed by atoms with Crippen molar-refractivity contribution in [3.05, 3.63) is 34.9 Å². The third kappa shape index (κ3) is 2.46. The topological polar surface area (TPSA) is 18.5 Å². The molecule has 3 aliphatic rings. The molecular weight excluding hydrogens is 284 g/mol. The van der Waals surface area contributed by atoms with Gasteiger partial charge in [0.15, 0.2) is 0 Å². The Bertz CT molecular complexity index is 581. The normalized spacial score (nSPS) is 38.7. The summed E-state index contributed by atoms with van der Waals surface area (Å²) < 4.78 is 11.2. The van der Waals surface area contributed by atoms with Crippen LogP contribution in [-0.4, -0.2) is 20.0 Å². The van der Waals surface area contributed by atoms with Crippen molar-refractivity contribution in [2.24, 2.45) is 17.3 Å². The zero-order chi connectivity index (χ0) is 16.0. The van der Waals surface area contributed by atoms with E-state index in [1.54, 1.807) is 18.2 Å². The predicted octanol–water partition coefficient (Wildman–Crippen LogP) is 4.84. The summed E-state index contributed by atoms with van der Waals surface area (Å²) in [5, 5.41) is 0. The van der Waals surface area contributed by atoms with Gasteiger partial charge in [-0.05, 0) is 79.7 Å². The SMILES string of the molecule is COCO[C@H]1CCC2C3CCc4cc(C)ccc4C3CC[C@@]21C. The lowest BCUT2D eigenvalue weighted by molar-refractivity contribution is -0.125. The highest BCUT2D eigenvalue weighted by Gasteiger charge is 2.55. The second-order valence-corrected chi connectivity index (χ2v) is 8.30. The third-order valence-electron chi connectivity index (χ3n) is 7.18. The van der Waals surface area contributed by atoms with Crippen LogP contribution in [0.15, 0.2) is 18.2 Å². The number of hydrogen-bond donors (Lipinski definition) is 0. The lowest BCUT2D eigenvalue weighted by atomic mass is 9.55. The van der Waals surface area contributed by atoms with Crippen molar-refractivity contribution in [2.45, 2.75) is 64.4 Å². The highest BCUT2D eigenvalue weighted by atomic mass is 16.7. The molecule has 1 aromatic carbocycles. The molecule has 126 valence electrons. The first-order valence-corrected chi connectivity index (χ1v) is 9.33. The summed E-state index contributed by atoms with van der Waals surface area (Å²) >= 11 is 0. The number of methoxy groups -OCH3 is 1. The molecule has 0 heterocycles. The Hall–Kier alpha value is -0.860. The van der Waals surface area contributed by atoms with Crippen LogP contribution >= 0.6 is 0 Å². The van der Waals surface area contributed by atoms with Crippen molar-refractivity contribution in [3.8, 4) is 0 Å². The molecule has 0 bridgehead atoms. The molecule has 0 spiro atoms. The van der Waals surface area contributed by atoms with Crippen LogP contribution in [0.3, 0.4) is 0 Å². The standard InChI is InChI=1S/C21H30O2/c1-14-4-6-16-15(12-14)5-7-18-17(16)10-11-21(2)19(18)8-9-20(21)23-13-22-3/h4,6,12,17-20H,5,7-11,13H2,1-3H3/t17?,18?,19?,20-,21-/m0/s1. The van der Waals surface area contributed by atoms with Crippen LogP contribution in [0.4, 0.5) is 0 Å². The van der Waals surface area contributed by atoms with E-state index in [2.05, 4.69) is 32.0 Å². The Morgan fingerprint density at radius 1 is 1.17 bits per heavy atom. The maximum absolute atomic E-state index is 6.07. The molecule has 0 saturated heterocycles. The molecule has 2 heteroatoms. The van der Waals surface area contributed by atoms with E-state index in [1.165, 1.54) is 44.1 Å². The summed E-state index contributed by atoms with van der Waals surface area (Å²) in [6.45, 7) is 5.16. The number of fused-ring (bicyclic) bond motifs is 5. The van der Waals surface area contributed by atoms with Gasteiger partial charge >= 0.3 is 0 Å². The number of benzene rings is 1. The van der Waals surface area contributed by atoms with E-state index in [0.717, 1.165) is 17.8 Å². The van der Waals surface area contributed by atoms with Gasteiger partial charge in [0.1, 0.15) is 6.79 Å². The Morgan fingerprint density at radius 2 is 2.04 bits per heavy atom. The zero-order valence-corrected chi connectivity index (χ0v) is 14.8. The van der Waals surface area contributed by atoms with E-state index < -0.39 is 0 Å². The van der Waals surface area contributed by atoms with Crippen LogP contribution in [0.5, 0.6) is 0 Å². The van der Waals surface area contributed by atoms with Gasteiger partial charge in [0.2, 0.25) is 0 Å². The largest absolute Gasteiger partial charge is 0.359 e. The molecule has 0 N–H and O–H groups in total. The molecule has 0 aromatic heterocycles. The van der Waals surface area contributed by atoms with Gasteiger partial charge in [-0.3, -0.25) is 0 Å². The van der Waals surface area contributed by atoms with Gasteiger partial charge < -0.3 is 9.47 Å². The molecule has 0 amide bonds. The fourth-order valence-corrected chi connectivity index (χ4v) is 6.09. The minimum absolute atomic E-state index is 0.363. The summed E-state index contributed by atoms with van der Waals surface area (Å²) in [6, 6.07) is 7.17. The fraction of sp³-hybridized carbons (Fsp3) is 0.714. The lowest BCUT2D eigenvalue weighted by Gasteiger charge is -2.50. The van der Waals surface area contributed by atoms with Crippen molar-refractivity contribution in [1.29, 1.82) is 0 Å². The summed E-state index contributed by atoms with van der Waals surface area (Å²) in [6.07, 6.45) is 8.24. The smallest absolute Gasteiger partial charge is 0.146 e. The van der Waals surface area contributed by atoms with Gasteiger partial charge in [0.05, 0.1) is 6.10 Å². The number of hydrogen-bond acceptors (Lipinski definition) is 2. The molecule has 23 heavy (non-hydrogen) atoms. The van der Waals surface area contributed by atoms with Crippen LogP contribution < -0.4 is 0 Å². The Kier molecular flexibility index (Phi) is 4.01. The summed E-state index contributed by atoms with van der Waals surface area (Å²) in [5.74, 6) is 2.48. The molecule has 3 aliphatic carbocycles. The zero-order valence-electron chi connectivity index (χ0n) is 14.8.